The Labute approximate surface area is 457 Å². The highest BCUT2D eigenvalue weighted by atomic mass is 19.4. The second kappa shape index (κ2) is 19.1. The molecule has 380 valence electrons. The van der Waals surface area contributed by atoms with Gasteiger partial charge in [-0.25, -0.2) is 4.85 Å². The summed E-state index contributed by atoms with van der Waals surface area (Å²) < 4.78 is 48.3. The van der Waals surface area contributed by atoms with Gasteiger partial charge in [0, 0.05) is 27.2 Å². The van der Waals surface area contributed by atoms with E-state index in [1.165, 1.54) is 34.4 Å². The maximum atomic E-state index is 14.6. The van der Waals surface area contributed by atoms with Crippen LogP contribution in [0.4, 0.5) is 18.9 Å². The molecule has 79 heavy (non-hydrogen) atoms. The Morgan fingerprint density at radius 3 is 1.15 bits per heavy atom. The van der Waals surface area contributed by atoms with Crippen LogP contribution in [0.25, 0.3) is 127 Å². The number of aryl methyl sites for hydroxylation is 5. The van der Waals surface area contributed by atoms with Crippen LogP contribution in [0, 0.1) is 41.2 Å². The fourth-order valence-electron chi connectivity index (χ4n) is 12.1. The van der Waals surface area contributed by atoms with Gasteiger partial charge in [0.15, 0.2) is 5.69 Å². The zero-order valence-corrected chi connectivity index (χ0v) is 44.3. The lowest BCUT2D eigenvalue weighted by atomic mass is 9.94. The Bertz CT molecular complexity index is 4470. The SMILES string of the molecule is [C-]#[N+]c1ccc(-n2c3ccc(-c4ccccc4C)cc3c3cc(-c4ccccc4C)ccc32)cc1-c1cc(-c2cc(C)cc(C(F)(F)F)c2)ccc1-n1c2ccc(-c3ccccc3C)cc2c2cc(-c3ccccc3C)ccc21. The summed E-state index contributed by atoms with van der Waals surface area (Å²) in [5, 5.41) is 4.28. The molecule has 3 nitrogen and oxygen atoms in total. The molecule has 0 saturated heterocycles. The molecule has 0 N–H and O–H groups in total. The van der Waals surface area contributed by atoms with E-state index in [4.69, 9.17) is 6.57 Å². The van der Waals surface area contributed by atoms with Gasteiger partial charge in [-0.1, -0.05) is 140 Å². The summed E-state index contributed by atoms with van der Waals surface area (Å²) >= 11 is 0. The summed E-state index contributed by atoms with van der Waals surface area (Å²) in [4.78, 5) is 4.20. The third-order valence-electron chi connectivity index (χ3n) is 16.0. The number of aromatic nitrogens is 2. The summed E-state index contributed by atoms with van der Waals surface area (Å²) in [6.07, 6.45) is -4.55. The highest BCUT2D eigenvalue weighted by Gasteiger charge is 2.31. The average molecular weight is 1030 g/mol. The van der Waals surface area contributed by atoms with E-state index in [-0.39, 0.29) is 0 Å². The predicted molar refractivity (Wildman–Crippen MR) is 323 cm³/mol. The third kappa shape index (κ3) is 8.47. The molecule has 6 heteroatoms. The van der Waals surface area contributed by atoms with Crippen molar-refractivity contribution in [2.24, 2.45) is 0 Å². The predicted octanol–water partition coefficient (Wildman–Crippen LogP) is 21.0. The summed E-state index contributed by atoms with van der Waals surface area (Å²) in [5.41, 5.74) is 21.9. The minimum Gasteiger partial charge on any atom is -0.309 e. The summed E-state index contributed by atoms with van der Waals surface area (Å²) in [6, 6.07) is 76.5. The van der Waals surface area contributed by atoms with Crippen molar-refractivity contribution in [3.63, 3.8) is 0 Å². The van der Waals surface area contributed by atoms with E-state index in [0.717, 1.165) is 99.5 Å². The van der Waals surface area contributed by atoms with Crippen molar-refractivity contribution in [2.45, 2.75) is 40.8 Å². The van der Waals surface area contributed by atoms with Gasteiger partial charge in [-0.15, -0.1) is 0 Å². The molecule has 0 bridgehead atoms. The zero-order valence-electron chi connectivity index (χ0n) is 44.3. The van der Waals surface area contributed by atoms with Gasteiger partial charge in [-0.05, 0) is 214 Å². The van der Waals surface area contributed by atoms with E-state index in [0.29, 0.717) is 33.5 Å². The van der Waals surface area contributed by atoms with Crippen LogP contribution in [0.5, 0.6) is 0 Å². The first-order valence-electron chi connectivity index (χ1n) is 26.6. The molecule has 0 aliphatic rings. The first-order valence-corrected chi connectivity index (χ1v) is 26.6. The molecule has 2 heterocycles. The van der Waals surface area contributed by atoms with E-state index in [9.17, 15) is 13.2 Å². The second-order valence-electron chi connectivity index (χ2n) is 21.0. The van der Waals surface area contributed by atoms with Gasteiger partial charge >= 0.3 is 6.18 Å². The number of halogens is 3. The minimum absolute atomic E-state index is 0.413. The molecular weight excluding hydrogens is 976 g/mol. The van der Waals surface area contributed by atoms with Crippen LogP contribution in [0.1, 0.15) is 33.4 Å². The quantitative estimate of drug-likeness (QED) is 0.135. The number of rotatable bonds is 8. The van der Waals surface area contributed by atoms with Crippen molar-refractivity contribution in [1.82, 2.24) is 9.13 Å². The van der Waals surface area contributed by atoms with Crippen molar-refractivity contribution in [3.05, 3.63) is 269 Å². The van der Waals surface area contributed by atoms with Gasteiger partial charge in [0.25, 0.3) is 0 Å². The van der Waals surface area contributed by atoms with E-state index >= 15 is 0 Å². The highest BCUT2D eigenvalue weighted by molar-refractivity contribution is 6.14. The van der Waals surface area contributed by atoms with Crippen molar-refractivity contribution in [2.75, 3.05) is 0 Å². The molecule has 2 aromatic heterocycles. The lowest BCUT2D eigenvalue weighted by molar-refractivity contribution is -0.137. The Balaban J connectivity index is 1.09. The summed E-state index contributed by atoms with van der Waals surface area (Å²) in [7, 11) is 0. The molecular formula is C73H52F3N3. The first-order chi connectivity index (χ1) is 38.3. The number of hydrogen-bond acceptors (Lipinski definition) is 0. The standard InChI is InChI=1S/C73H52F3N3/c1-44-35-54(37-55(36-44)73(74,75)76)49-23-30-70(79-71-33-26-52(59-21-13-9-17-47(59)4)41-65(71)66-42-53(27-34-72(66)79)60-22-14-10-18-48(60)5)62(38-49)61-43-56(28-29-67(61)77-6)78-68-31-24-50(57-19-11-7-15-45(57)2)39-63(68)64-40-51(25-32-69(64)78)58-20-12-8-16-46(58)3/h7-43H,1-5H3. The van der Waals surface area contributed by atoms with Crippen molar-refractivity contribution in [1.29, 1.82) is 0 Å². The number of fused-ring (bicyclic) bond motifs is 6. The molecule has 0 amide bonds. The second-order valence-corrected chi connectivity index (χ2v) is 21.0. The van der Waals surface area contributed by atoms with Crippen LogP contribution in [0.3, 0.4) is 0 Å². The number of benzene rings is 11. The van der Waals surface area contributed by atoms with E-state index in [1.807, 2.05) is 30.3 Å². The van der Waals surface area contributed by atoms with Crippen LogP contribution in [0.15, 0.2) is 224 Å². The summed E-state index contributed by atoms with van der Waals surface area (Å²) in [5.74, 6) is 0. The van der Waals surface area contributed by atoms with E-state index < -0.39 is 11.7 Å². The largest absolute Gasteiger partial charge is 0.416 e. The Hall–Kier alpha value is -9.70. The van der Waals surface area contributed by atoms with Gasteiger partial charge < -0.3 is 9.13 Å². The molecule has 0 radical (unpaired) electrons. The number of alkyl halides is 3. The molecule has 0 fully saturated rings. The van der Waals surface area contributed by atoms with Gasteiger partial charge in [-0.2, -0.15) is 13.2 Å². The fraction of sp³-hybridized carbons (Fsp3) is 0.0822. The van der Waals surface area contributed by atoms with Gasteiger partial charge in [-0.3, -0.25) is 0 Å². The minimum atomic E-state index is -4.55. The van der Waals surface area contributed by atoms with Crippen molar-refractivity contribution in [3.8, 4) is 78.1 Å². The molecule has 0 atom stereocenters. The smallest absolute Gasteiger partial charge is 0.309 e. The number of nitrogens with zero attached hydrogens (tertiary/aromatic N) is 3. The highest BCUT2D eigenvalue weighted by Crippen LogP contribution is 2.46. The lowest BCUT2D eigenvalue weighted by Gasteiger charge is -2.19. The Morgan fingerprint density at radius 2 is 0.747 bits per heavy atom. The molecule has 11 aromatic carbocycles. The Morgan fingerprint density at radius 1 is 0.342 bits per heavy atom. The topological polar surface area (TPSA) is 14.2 Å². The molecule has 13 aromatic rings. The van der Waals surface area contributed by atoms with Crippen LogP contribution >= 0.6 is 0 Å². The van der Waals surface area contributed by atoms with Crippen molar-refractivity contribution < 1.29 is 13.2 Å². The molecule has 13 rings (SSSR count). The monoisotopic (exact) mass is 1030 g/mol. The van der Waals surface area contributed by atoms with Gasteiger partial charge in [0.2, 0.25) is 0 Å². The van der Waals surface area contributed by atoms with E-state index in [1.54, 1.807) is 13.0 Å². The lowest BCUT2D eigenvalue weighted by Crippen LogP contribution is -2.05. The maximum Gasteiger partial charge on any atom is 0.416 e. The molecule has 0 unspecified atom stereocenters. The van der Waals surface area contributed by atoms with Crippen LogP contribution in [-0.4, -0.2) is 9.13 Å². The average Bonchev–Trinajstić information content (AvgIpc) is 4.09. The van der Waals surface area contributed by atoms with Crippen LogP contribution in [-0.2, 0) is 6.18 Å². The summed E-state index contributed by atoms with van der Waals surface area (Å²) in [6.45, 7) is 19.0. The van der Waals surface area contributed by atoms with Gasteiger partial charge in [0.1, 0.15) is 0 Å². The number of hydrogen-bond donors (Lipinski definition) is 0. The molecule has 0 spiro atoms. The van der Waals surface area contributed by atoms with Crippen LogP contribution in [0.2, 0.25) is 0 Å². The fourth-order valence-corrected chi connectivity index (χ4v) is 12.1. The van der Waals surface area contributed by atoms with Crippen LogP contribution < -0.4 is 0 Å². The van der Waals surface area contributed by atoms with Crippen molar-refractivity contribution >= 4 is 49.3 Å². The maximum absolute atomic E-state index is 14.6. The van der Waals surface area contributed by atoms with E-state index in [2.05, 4.69) is 218 Å². The molecule has 0 saturated carbocycles. The molecule has 0 aliphatic carbocycles. The zero-order chi connectivity index (χ0) is 54.3. The Kier molecular flexibility index (Phi) is 11.8. The molecule has 0 aliphatic heterocycles. The third-order valence-corrected chi connectivity index (χ3v) is 16.0. The van der Waals surface area contributed by atoms with Gasteiger partial charge in [0.05, 0.1) is 39.9 Å². The first kappa shape index (κ1) is 48.9. The normalized spacial score (nSPS) is 11.8.